The Morgan fingerprint density at radius 2 is 2.00 bits per heavy atom. The molecular weight excluding hydrogens is 378 g/mol. The predicted octanol–water partition coefficient (Wildman–Crippen LogP) is 5.14. The summed E-state index contributed by atoms with van der Waals surface area (Å²) >= 11 is 3.37. The largest absolute Gasteiger partial charge is 0.345 e. The summed E-state index contributed by atoms with van der Waals surface area (Å²) in [6.45, 7) is 4.29. The normalized spacial score (nSPS) is 15.6. The number of aryl methyl sites for hydroxylation is 1. The fourth-order valence-corrected chi connectivity index (χ4v) is 4.09. The molecular formula is C20H24BrN3O. The average molecular weight is 402 g/mol. The van der Waals surface area contributed by atoms with Crippen LogP contribution in [0.1, 0.15) is 65.5 Å². The number of hydrazone groups is 1. The lowest BCUT2D eigenvalue weighted by Gasteiger charge is -2.26. The smallest absolute Gasteiger partial charge is 0.271 e. The highest BCUT2D eigenvalue weighted by Crippen LogP contribution is 2.31. The molecule has 4 nitrogen and oxygen atoms in total. The van der Waals surface area contributed by atoms with Crippen molar-refractivity contribution in [2.24, 2.45) is 5.10 Å². The van der Waals surface area contributed by atoms with Crippen LogP contribution in [-0.2, 0) is 0 Å². The van der Waals surface area contributed by atoms with Gasteiger partial charge in [0.05, 0.1) is 6.21 Å². The van der Waals surface area contributed by atoms with E-state index in [0.29, 0.717) is 11.6 Å². The molecule has 0 aliphatic heterocycles. The molecule has 0 bridgehead atoms. The summed E-state index contributed by atoms with van der Waals surface area (Å²) in [6.07, 6.45) is 8.24. The second-order valence-electron chi connectivity index (χ2n) is 6.70. The van der Waals surface area contributed by atoms with E-state index >= 15 is 0 Å². The van der Waals surface area contributed by atoms with Crippen molar-refractivity contribution in [3.05, 3.63) is 57.3 Å². The summed E-state index contributed by atoms with van der Waals surface area (Å²) in [5.74, 6) is -0.210. The van der Waals surface area contributed by atoms with Crippen LogP contribution in [0.3, 0.4) is 0 Å². The molecule has 1 aromatic carbocycles. The first kappa shape index (κ1) is 17.9. The van der Waals surface area contributed by atoms with Gasteiger partial charge < -0.3 is 4.57 Å². The van der Waals surface area contributed by atoms with E-state index in [1.165, 1.54) is 43.5 Å². The van der Waals surface area contributed by atoms with Crippen LogP contribution < -0.4 is 5.43 Å². The van der Waals surface area contributed by atoms with Crippen LogP contribution in [0.15, 0.2) is 39.9 Å². The number of carbonyl (C=O) groups is 1. The van der Waals surface area contributed by atoms with Gasteiger partial charge in [0.1, 0.15) is 0 Å². The van der Waals surface area contributed by atoms with Crippen molar-refractivity contribution in [1.82, 2.24) is 9.99 Å². The number of halogens is 1. The summed E-state index contributed by atoms with van der Waals surface area (Å²) in [7, 11) is 0. The Balaban J connectivity index is 1.70. The second-order valence-corrected chi connectivity index (χ2v) is 7.61. The summed E-state index contributed by atoms with van der Waals surface area (Å²) in [5, 5.41) is 4.15. The van der Waals surface area contributed by atoms with Gasteiger partial charge in [0.15, 0.2) is 0 Å². The highest BCUT2D eigenvalue weighted by Gasteiger charge is 2.19. The Hall–Kier alpha value is -1.88. The van der Waals surface area contributed by atoms with Crippen LogP contribution in [0.25, 0.3) is 0 Å². The number of nitrogens with zero attached hydrogens (tertiary/aromatic N) is 2. The molecule has 0 saturated heterocycles. The summed E-state index contributed by atoms with van der Waals surface area (Å²) in [4.78, 5) is 12.1. The average Bonchev–Trinajstić information content (AvgIpc) is 2.89. The number of aromatic nitrogens is 1. The zero-order valence-corrected chi connectivity index (χ0v) is 16.3. The minimum absolute atomic E-state index is 0.210. The van der Waals surface area contributed by atoms with Crippen molar-refractivity contribution in [3.63, 3.8) is 0 Å². The molecule has 1 aliphatic rings. The van der Waals surface area contributed by atoms with Gasteiger partial charge in [0.2, 0.25) is 0 Å². The van der Waals surface area contributed by atoms with Gasteiger partial charge >= 0.3 is 0 Å². The Kier molecular flexibility index (Phi) is 5.74. The maximum atomic E-state index is 12.1. The first-order chi connectivity index (χ1) is 12.1. The molecule has 1 N–H and O–H groups in total. The van der Waals surface area contributed by atoms with E-state index in [-0.39, 0.29) is 5.91 Å². The summed E-state index contributed by atoms with van der Waals surface area (Å²) in [5.41, 5.74) is 6.75. The molecule has 3 rings (SSSR count). The van der Waals surface area contributed by atoms with E-state index in [2.05, 4.69) is 50.9 Å². The van der Waals surface area contributed by atoms with Crippen molar-refractivity contribution in [3.8, 4) is 0 Å². The maximum absolute atomic E-state index is 12.1. The Bertz CT molecular complexity index is 788. The highest BCUT2D eigenvalue weighted by molar-refractivity contribution is 9.10. The third-order valence-corrected chi connectivity index (χ3v) is 5.41. The number of hydrogen-bond donors (Lipinski definition) is 1. The molecule has 0 spiro atoms. The van der Waals surface area contributed by atoms with E-state index in [1.807, 2.05) is 12.1 Å². The van der Waals surface area contributed by atoms with Crippen LogP contribution >= 0.6 is 15.9 Å². The van der Waals surface area contributed by atoms with Gasteiger partial charge in [0.25, 0.3) is 5.91 Å². The first-order valence-electron chi connectivity index (χ1n) is 8.83. The third kappa shape index (κ3) is 4.21. The van der Waals surface area contributed by atoms with Crippen LogP contribution in [0, 0.1) is 13.8 Å². The van der Waals surface area contributed by atoms with Gasteiger partial charge in [0, 0.05) is 33.0 Å². The molecule has 2 aromatic rings. The van der Waals surface area contributed by atoms with E-state index in [1.54, 1.807) is 18.3 Å². The van der Waals surface area contributed by atoms with E-state index in [9.17, 15) is 4.79 Å². The lowest BCUT2D eigenvalue weighted by Crippen LogP contribution is -2.17. The molecule has 1 amide bonds. The molecule has 1 aromatic heterocycles. The van der Waals surface area contributed by atoms with Crippen molar-refractivity contribution in [2.75, 3.05) is 0 Å². The number of benzene rings is 1. The van der Waals surface area contributed by atoms with Gasteiger partial charge in [-0.15, -0.1) is 0 Å². The predicted molar refractivity (Wildman–Crippen MR) is 105 cm³/mol. The van der Waals surface area contributed by atoms with Gasteiger partial charge in [-0.05, 0) is 51.0 Å². The molecule has 1 aliphatic carbocycles. The van der Waals surface area contributed by atoms with Crippen LogP contribution in [0.2, 0.25) is 0 Å². The van der Waals surface area contributed by atoms with E-state index in [4.69, 9.17) is 0 Å². The number of amides is 1. The lowest BCUT2D eigenvalue weighted by atomic mass is 9.95. The lowest BCUT2D eigenvalue weighted by molar-refractivity contribution is 0.0955. The molecule has 1 heterocycles. The number of rotatable bonds is 4. The standard InChI is InChI=1S/C20H24BrN3O/c1-14-11-17(15(2)24(14)19-9-4-3-5-10-19)13-22-23-20(25)16-7-6-8-18(21)12-16/h6-8,11-13,19H,3-5,9-10H2,1-2H3,(H,23,25)/b22-13+. The Morgan fingerprint density at radius 3 is 2.72 bits per heavy atom. The highest BCUT2D eigenvalue weighted by atomic mass is 79.9. The van der Waals surface area contributed by atoms with Crippen molar-refractivity contribution in [2.45, 2.75) is 52.0 Å². The fourth-order valence-electron chi connectivity index (χ4n) is 3.69. The molecule has 132 valence electrons. The quantitative estimate of drug-likeness (QED) is 0.559. The van der Waals surface area contributed by atoms with Crippen molar-refractivity contribution >= 4 is 28.1 Å². The van der Waals surface area contributed by atoms with Gasteiger partial charge in [-0.2, -0.15) is 5.10 Å². The van der Waals surface area contributed by atoms with Crippen LogP contribution in [0.4, 0.5) is 0 Å². The van der Waals surface area contributed by atoms with Crippen molar-refractivity contribution in [1.29, 1.82) is 0 Å². The second kappa shape index (κ2) is 8.00. The summed E-state index contributed by atoms with van der Waals surface area (Å²) in [6, 6.07) is 10.0. The van der Waals surface area contributed by atoms with E-state index < -0.39 is 0 Å². The zero-order chi connectivity index (χ0) is 17.8. The number of hydrogen-bond acceptors (Lipinski definition) is 2. The maximum Gasteiger partial charge on any atom is 0.271 e. The number of nitrogens with one attached hydrogen (secondary N) is 1. The SMILES string of the molecule is Cc1cc(/C=N/NC(=O)c2cccc(Br)c2)c(C)n1C1CCCCC1. The van der Waals surface area contributed by atoms with Gasteiger partial charge in [-0.1, -0.05) is 41.3 Å². The van der Waals surface area contributed by atoms with Crippen LogP contribution in [0.5, 0.6) is 0 Å². The fraction of sp³-hybridized carbons (Fsp3) is 0.400. The van der Waals surface area contributed by atoms with E-state index in [0.717, 1.165) is 10.0 Å². The first-order valence-corrected chi connectivity index (χ1v) is 9.63. The molecule has 0 atom stereocenters. The van der Waals surface area contributed by atoms with Gasteiger partial charge in [-0.3, -0.25) is 4.79 Å². The number of carbonyl (C=O) groups excluding carboxylic acids is 1. The Morgan fingerprint density at radius 1 is 1.24 bits per heavy atom. The molecule has 0 radical (unpaired) electrons. The molecule has 0 unspecified atom stereocenters. The zero-order valence-electron chi connectivity index (χ0n) is 14.8. The van der Waals surface area contributed by atoms with Crippen molar-refractivity contribution < 1.29 is 4.79 Å². The topological polar surface area (TPSA) is 46.4 Å². The monoisotopic (exact) mass is 401 g/mol. The molecule has 5 heteroatoms. The minimum Gasteiger partial charge on any atom is -0.345 e. The van der Waals surface area contributed by atoms with Gasteiger partial charge in [-0.25, -0.2) is 5.43 Å². The third-order valence-electron chi connectivity index (χ3n) is 4.92. The van der Waals surface area contributed by atoms with Crippen LogP contribution in [-0.4, -0.2) is 16.7 Å². The molecule has 25 heavy (non-hydrogen) atoms. The molecule has 1 fully saturated rings. The Labute approximate surface area is 157 Å². The molecule has 1 saturated carbocycles. The minimum atomic E-state index is -0.210. The summed E-state index contributed by atoms with van der Waals surface area (Å²) < 4.78 is 3.32.